The van der Waals surface area contributed by atoms with Crippen molar-refractivity contribution < 1.29 is 22.7 Å². The number of hydrogen-bond acceptors (Lipinski definition) is 3. The Morgan fingerprint density at radius 3 is 2.65 bits per heavy atom. The van der Waals surface area contributed by atoms with Crippen molar-refractivity contribution in [1.29, 1.82) is 0 Å². The van der Waals surface area contributed by atoms with E-state index in [9.17, 15) is 18.0 Å². The lowest BCUT2D eigenvalue weighted by Gasteiger charge is -2.13. The van der Waals surface area contributed by atoms with E-state index in [1.807, 2.05) is 0 Å². The molecule has 1 aromatic carbocycles. The predicted octanol–water partition coefficient (Wildman–Crippen LogP) is 3.56. The molecule has 122 valence electrons. The van der Waals surface area contributed by atoms with E-state index in [2.05, 4.69) is 10.3 Å². The normalized spacial score (nSPS) is 11.1. The molecule has 0 saturated heterocycles. The smallest absolute Gasteiger partial charge is 0.417 e. The van der Waals surface area contributed by atoms with Gasteiger partial charge in [-0.25, -0.2) is 4.98 Å². The summed E-state index contributed by atoms with van der Waals surface area (Å²) in [6, 6.07) is 7.79. The van der Waals surface area contributed by atoms with Gasteiger partial charge in [-0.15, -0.1) is 0 Å². The van der Waals surface area contributed by atoms with Crippen molar-refractivity contribution in [2.75, 3.05) is 13.2 Å². The summed E-state index contributed by atoms with van der Waals surface area (Å²) in [5.74, 6) is -0.632. The van der Waals surface area contributed by atoms with E-state index in [0.29, 0.717) is 5.02 Å². The summed E-state index contributed by atoms with van der Waals surface area (Å²) in [5.41, 5.74) is -1.41. The van der Waals surface area contributed by atoms with Crippen LogP contribution in [0.4, 0.5) is 13.2 Å². The summed E-state index contributed by atoms with van der Waals surface area (Å²) >= 11 is 5.83. The Balaban J connectivity index is 1.92. The van der Waals surface area contributed by atoms with E-state index in [1.165, 1.54) is 18.3 Å². The minimum Gasteiger partial charge on any atom is -0.475 e. The topological polar surface area (TPSA) is 51.2 Å². The maximum absolute atomic E-state index is 12.8. The van der Waals surface area contributed by atoms with Crippen LogP contribution in [-0.2, 0) is 6.18 Å². The number of carbonyl (C=O) groups excluding carboxylic acids is 1. The molecule has 0 fully saturated rings. The van der Waals surface area contributed by atoms with Gasteiger partial charge in [0, 0.05) is 6.20 Å². The zero-order valence-corrected chi connectivity index (χ0v) is 12.5. The highest BCUT2D eigenvalue weighted by Crippen LogP contribution is 2.31. The molecule has 0 spiro atoms. The number of nitrogens with zero attached hydrogens (tertiary/aromatic N) is 1. The monoisotopic (exact) mass is 344 g/mol. The highest BCUT2D eigenvalue weighted by atomic mass is 35.5. The van der Waals surface area contributed by atoms with Crippen molar-refractivity contribution in [3.05, 3.63) is 58.7 Å². The van der Waals surface area contributed by atoms with Crippen LogP contribution in [0.2, 0.25) is 5.02 Å². The molecule has 1 amide bonds. The van der Waals surface area contributed by atoms with Gasteiger partial charge in [0.1, 0.15) is 11.6 Å². The number of aromatic nitrogens is 1. The number of halogens is 4. The van der Waals surface area contributed by atoms with E-state index < -0.39 is 23.2 Å². The van der Waals surface area contributed by atoms with Crippen LogP contribution in [0, 0.1) is 0 Å². The maximum Gasteiger partial charge on any atom is 0.417 e. The van der Waals surface area contributed by atoms with Gasteiger partial charge in [0.25, 0.3) is 5.91 Å². The number of hydrogen-bond donors (Lipinski definition) is 1. The molecule has 23 heavy (non-hydrogen) atoms. The maximum atomic E-state index is 12.8. The molecule has 8 heteroatoms. The third-order valence-corrected chi connectivity index (χ3v) is 3.12. The standard InChI is InChI=1S/C15H12ClF3N2O2/c16-12-6-3-7-21-14(12)23-9-8-20-13(22)10-4-1-2-5-11(10)15(17,18)19/h1-7H,8-9H2,(H,20,22). The number of pyridine rings is 1. The molecule has 0 saturated carbocycles. The van der Waals surface area contributed by atoms with Crippen molar-refractivity contribution in [2.24, 2.45) is 0 Å². The van der Waals surface area contributed by atoms with E-state index in [-0.39, 0.29) is 19.0 Å². The average Bonchev–Trinajstić information content (AvgIpc) is 2.52. The molecule has 1 heterocycles. The number of rotatable bonds is 5. The van der Waals surface area contributed by atoms with Gasteiger partial charge in [0.05, 0.1) is 17.7 Å². The summed E-state index contributed by atoms with van der Waals surface area (Å²) in [5, 5.41) is 2.67. The molecule has 2 aromatic rings. The lowest BCUT2D eigenvalue weighted by molar-refractivity contribution is -0.137. The molecular weight excluding hydrogens is 333 g/mol. The summed E-state index contributed by atoms with van der Waals surface area (Å²) in [7, 11) is 0. The number of ether oxygens (including phenoxy) is 1. The molecule has 0 unspecified atom stereocenters. The lowest BCUT2D eigenvalue weighted by atomic mass is 10.1. The Morgan fingerprint density at radius 1 is 1.22 bits per heavy atom. The quantitative estimate of drug-likeness (QED) is 0.844. The van der Waals surface area contributed by atoms with Crippen LogP contribution in [0.1, 0.15) is 15.9 Å². The van der Waals surface area contributed by atoms with E-state index in [0.717, 1.165) is 12.1 Å². The molecular formula is C15H12ClF3N2O2. The van der Waals surface area contributed by atoms with Crippen LogP contribution >= 0.6 is 11.6 Å². The van der Waals surface area contributed by atoms with E-state index in [1.54, 1.807) is 12.1 Å². The van der Waals surface area contributed by atoms with Gasteiger partial charge in [0.2, 0.25) is 5.88 Å². The fourth-order valence-electron chi connectivity index (χ4n) is 1.81. The first-order valence-electron chi connectivity index (χ1n) is 6.57. The van der Waals surface area contributed by atoms with Crippen LogP contribution in [0.3, 0.4) is 0 Å². The van der Waals surface area contributed by atoms with Gasteiger partial charge in [-0.05, 0) is 24.3 Å². The molecule has 0 aliphatic carbocycles. The third-order valence-electron chi connectivity index (χ3n) is 2.83. The second kappa shape index (κ2) is 7.32. The van der Waals surface area contributed by atoms with Crippen molar-refractivity contribution >= 4 is 17.5 Å². The van der Waals surface area contributed by atoms with Gasteiger partial charge < -0.3 is 10.1 Å². The molecule has 4 nitrogen and oxygen atoms in total. The van der Waals surface area contributed by atoms with Gasteiger partial charge >= 0.3 is 6.18 Å². The Kier molecular flexibility index (Phi) is 5.44. The van der Waals surface area contributed by atoms with Gasteiger partial charge in [0.15, 0.2) is 0 Å². The minimum atomic E-state index is -4.59. The van der Waals surface area contributed by atoms with Gasteiger partial charge in [-0.2, -0.15) is 13.2 Å². The molecule has 2 rings (SSSR count). The average molecular weight is 345 g/mol. The lowest BCUT2D eigenvalue weighted by Crippen LogP contribution is -2.30. The van der Waals surface area contributed by atoms with Crippen LogP contribution < -0.4 is 10.1 Å². The Labute approximate surface area is 135 Å². The second-order valence-corrected chi connectivity index (χ2v) is 4.85. The van der Waals surface area contributed by atoms with Gasteiger partial charge in [-0.3, -0.25) is 4.79 Å². The Hall–Kier alpha value is -2.28. The van der Waals surface area contributed by atoms with Crippen LogP contribution in [-0.4, -0.2) is 24.0 Å². The Morgan fingerprint density at radius 2 is 1.96 bits per heavy atom. The second-order valence-electron chi connectivity index (χ2n) is 4.44. The minimum absolute atomic E-state index is 0.0118. The van der Waals surface area contributed by atoms with Crippen molar-refractivity contribution in [2.45, 2.75) is 6.18 Å². The molecule has 0 bridgehead atoms. The summed E-state index contributed by atoms with van der Waals surface area (Å²) < 4.78 is 43.7. The van der Waals surface area contributed by atoms with Crippen molar-refractivity contribution in [3.63, 3.8) is 0 Å². The van der Waals surface area contributed by atoms with E-state index >= 15 is 0 Å². The third kappa shape index (κ3) is 4.59. The molecule has 1 aromatic heterocycles. The number of amides is 1. The van der Waals surface area contributed by atoms with E-state index in [4.69, 9.17) is 16.3 Å². The summed E-state index contributed by atoms with van der Waals surface area (Å²) in [6.45, 7) is 0.0363. The fourth-order valence-corrected chi connectivity index (χ4v) is 1.99. The first-order chi connectivity index (χ1) is 10.9. The molecule has 1 N–H and O–H groups in total. The highest BCUT2D eigenvalue weighted by Gasteiger charge is 2.34. The number of alkyl halides is 3. The fraction of sp³-hybridized carbons (Fsp3) is 0.200. The first-order valence-corrected chi connectivity index (χ1v) is 6.95. The van der Waals surface area contributed by atoms with Crippen LogP contribution in [0.5, 0.6) is 5.88 Å². The molecule has 0 aliphatic rings. The zero-order valence-electron chi connectivity index (χ0n) is 11.7. The summed E-state index contributed by atoms with van der Waals surface area (Å²) in [4.78, 5) is 15.8. The van der Waals surface area contributed by atoms with Gasteiger partial charge in [-0.1, -0.05) is 23.7 Å². The zero-order chi connectivity index (χ0) is 16.9. The van der Waals surface area contributed by atoms with Crippen molar-refractivity contribution in [3.8, 4) is 5.88 Å². The molecule has 0 aliphatic heterocycles. The largest absolute Gasteiger partial charge is 0.475 e. The highest BCUT2D eigenvalue weighted by molar-refractivity contribution is 6.31. The molecule has 0 radical (unpaired) electrons. The first kappa shape index (κ1) is 17.1. The summed E-state index contributed by atoms with van der Waals surface area (Å²) in [6.07, 6.45) is -3.11. The number of benzene rings is 1. The number of nitrogens with one attached hydrogen (secondary N) is 1. The van der Waals surface area contributed by atoms with Crippen LogP contribution in [0.25, 0.3) is 0 Å². The Bertz CT molecular complexity index is 692. The number of carbonyl (C=O) groups is 1. The van der Waals surface area contributed by atoms with Crippen LogP contribution in [0.15, 0.2) is 42.6 Å². The predicted molar refractivity (Wildman–Crippen MR) is 78.5 cm³/mol. The molecule has 0 atom stereocenters. The SMILES string of the molecule is O=C(NCCOc1ncccc1Cl)c1ccccc1C(F)(F)F. The van der Waals surface area contributed by atoms with Crippen molar-refractivity contribution in [1.82, 2.24) is 10.3 Å².